The largest absolute Gasteiger partial charge is 0.392 e. The first kappa shape index (κ1) is 10.4. The van der Waals surface area contributed by atoms with Crippen molar-refractivity contribution in [1.82, 2.24) is 10.2 Å². The van der Waals surface area contributed by atoms with Gasteiger partial charge in [-0.3, -0.25) is 9.69 Å². The lowest BCUT2D eigenvalue weighted by Crippen LogP contribution is -2.44. The Balaban J connectivity index is 2.15. The van der Waals surface area contributed by atoms with Gasteiger partial charge in [0.2, 0.25) is 0 Å². The zero-order valence-corrected chi connectivity index (χ0v) is 8.82. The number of carbonyl (C=O) groups is 2. The molecule has 0 aromatic heterocycles. The van der Waals surface area contributed by atoms with Crippen LogP contribution >= 0.6 is 0 Å². The van der Waals surface area contributed by atoms with Gasteiger partial charge in [-0.25, -0.2) is 4.79 Å². The first-order valence-corrected chi connectivity index (χ1v) is 5.37. The molecule has 1 heterocycles. The van der Waals surface area contributed by atoms with E-state index in [9.17, 15) is 14.7 Å². The van der Waals surface area contributed by atoms with Crippen LogP contribution in [0.2, 0.25) is 0 Å². The average Bonchev–Trinajstić information content (AvgIpc) is 2.69. The molecule has 1 atom stereocenters. The molecule has 84 valence electrons. The molecular weight excluding hydrogens is 196 g/mol. The molecule has 1 unspecified atom stereocenters. The van der Waals surface area contributed by atoms with Gasteiger partial charge in [-0.05, 0) is 19.8 Å². The predicted molar refractivity (Wildman–Crippen MR) is 53.1 cm³/mol. The van der Waals surface area contributed by atoms with Crippen LogP contribution in [0.4, 0.5) is 4.79 Å². The lowest BCUT2D eigenvalue weighted by Gasteiger charge is -2.20. The standard InChI is InChI=1S/C10H16N2O3/c1-7(13)6-12-8(14)10(11-9(12)15)4-2-3-5-10/h7,13H,2-6H2,1H3,(H,11,15). The lowest BCUT2D eigenvalue weighted by molar-refractivity contribution is -0.132. The highest BCUT2D eigenvalue weighted by atomic mass is 16.3. The van der Waals surface area contributed by atoms with Crippen molar-refractivity contribution in [2.45, 2.75) is 44.2 Å². The highest BCUT2D eigenvalue weighted by Gasteiger charge is 2.52. The number of nitrogens with zero attached hydrogens (tertiary/aromatic N) is 1. The van der Waals surface area contributed by atoms with Crippen molar-refractivity contribution in [1.29, 1.82) is 0 Å². The van der Waals surface area contributed by atoms with E-state index in [1.807, 2.05) is 0 Å². The number of hydrogen-bond donors (Lipinski definition) is 2. The monoisotopic (exact) mass is 212 g/mol. The Kier molecular flexibility index (Phi) is 2.42. The summed E-state index contributed by atoms with van der Waals surface area (Å²) in [6.45, 7) is 1.66. The fourth-order valence-corrected chi connectivity index (χ4v) is 2.42. The molecule has 5 nitrogen and oxygen atoms in total. The van der Waals surface area contributed by atoms with E-state index in [1.54, 1.807) is 6.92 Å². The molecule has 2 fully saturated rings. The Morgan fingerprint density at radius 3 is 2.60 bits per heavy atom. The van der Waals surface area contributed by atoms with Gasteiger partial charge in [-0.2, -0.15) is 0 Å². The van der Waals surface area contributed by atoms with Crippen molar-refractivity contribution in [3.05, 3.63) is 0 Å². The minimum Gasteiger partial charge on any atom is -0.392 e. The van der Waals surface area contributed by atoms with Crippen molar-refractivity contribution in [3.63, 3.8) is 0 Å². The van der Waals surface area contributed by atoms with Gasteiger partial charge in [-0.15, -0.1) is 0 Å². The average molecular weight is 212 g/mol. The van der Waals surface area contributed by atoms with Crippen LogP contribution in [-0.2, 0) is 4.79 Å². The molecule has 0 radical (unpaired) electrons. The lowest BCUT2D eigenvalue weighted by atomic mass is 9.98. The van der Waals surface area contributed by atoms with E-state index in [0.29, 0.717) is 0 Å². The second-order valence-corrected chi connectivity index (χ2v) is 4.48. The molecule has 0 bridgehead atoms. The fraction of sp³-hybridized carbons (Fsp3) is 0.800. The number of hydrogen-bond acceptors (Lipinski definition) is 3. The first-order valence-electron chi connectivity index (χ1n) is 5.37. The molecule has 15 heavy (non-hydrogen) atoms. The van der Waals surface area contributed by atoms with Crippen LogP contribution < -0.4 is 5.32 Å². The number of β-amino-alcohol motifs (C(OH)–C–C–N with tert-alkyl or cyclic N) is 1. The van der Waals surface area contributed by atoms with Gasteiger partial charge < -0.3 is 10.4 Å². The summed E-state index contributed by atoms with van der Waals surface area (Å²) in [4.78, 5) is 24.7. The van der Waals surface area contributed by atoms with Crippen LogP contribution in [-0.4, -0.2) is 40.1 Å². The Labute approximate surface area is 88.4 Å². The molecular formula is C10H16N2O3. The van der Waals surface area contributed by atoms with Crippen LogP contribution in [0, 0.1) is 0 Å². The quantitative estimate of drug-likeness (QED) is 0.644. The summed E-state index contributed by atoms with van der Waals surface area (Å²) in [7, 11) is 0. The third kappa shape index (κ3) is 1.61. The van der Waals surface area contributed by atoms with Crippen LogP contribution in [0.5, 0.6) is 0 Å². The second kappa shape index (κ2) is 3.48. The van der Waals surface area contributed by atoms with Crippen molar-refractivity contribution < 1.29 is 14.7 Å². The minimum absolute atomic E-state index is 0.0897. The molecule has 1 spiro atoms. The third-order valence-corrected chi connectivity index (χ3v) is 3.15. The Bertz CT molecular complexity index is 295. The molecule has 2 aliphatic rings. The SMILES string of the molecule is CC(O)CN1C(=O)NC2(CCCC2)C1=O. The van der Waals surface area contributed by atoms with E-state index in [-0.39, 0.29) is 18.5 Å². The molecule has 2 N–H and O–H groups in total. The van der Waals surface area contributed by atoms with E-state index in [2.05, 4.69) is 5.32 Å². The molecule has 0 aromatic carbocycles. The highest BCUT2D eigenvalue weighted by molar-refractivity contribution is 6.07. The fourth-order valence-electron chi connectivity index (χ4n) is 2.42. The van der Waals surface area contributed by atoms with Gasteiger partial charge in [-0.1, -0.05) is 12.8 Å². The first-order chi connectivity index (χ1) is 7.05. The molecule has 2 rings (SSSR count). The number of carbonyl (C=O) groups excluding carboxylic acids is 2. The van der Waals surface area contributed by atoms with E-state index < -0.39 is 11.6 Å². The summed E-state index contributed by atoms with van der Waals surface area (Å²) in [6.07, 6.45) is 2.75. The van der Waals surface area contributed by atoms with E-state index in [4.69, 9.17) is 0 Å². The molecule has 1 saturated carbocycles. The van der Waals surface area contributed by atoms with Crippen molar-refractivity contribution >= 4 is 11.9 Å². The molecule has 5 heteroatoms. The van der Waals surface area contributed by atoms with Crippen LogP contribution in [0.3, 0.4) is 0 Å². The van der Waals surface area contributed by atoms with Crippen molar-refractivity contribution in [2.24, 2.45) is 0 Å². The van der Waals surface area contributed by atoms with Gasteiger partial charge in [0.05, 0.1) is 12.6 Å². The van der Waals surface area contributed by atoms with Gasteiger partial charge in [0.15, 0.2) is 0 Å². The van der Waals surface area contributed by atoms with E-state index >= 15 is 0 Å². The number of rotatable bonds is 2. The van der Waals surface area contributed by atoms with Crippen LogP contribution in [0.1, 0.15) is 32.6 Å². The summed E-state index contributed by atoms with van der Waals surface area (Å²) in [6, 6.07) is -0.359. The van der Waals surface area contributed by atoms with Crippen LogP contribution in [0.15, 0.2) is 0 Å². The maximum Gasteiger partial charge on any atom is 0.325 e. The van der Waals surface area contributed by atoms with E-state index in [0.717, 1.165) is 30.6 Å². The maximum absolute atomic E-state index is 12.0. The zero-order valence-electron chi connectivity index (χ0n) is 8.82. The number of amides is 3. The molecule has 1 aliphatic carbocycles. The topological polar surface area (TPSA) is 69.6 Å². The second-order valence-electron chi connectivity index (χ2n) is 4.48. The third-order valence-electron chi connectivity index (χ3n) is 3.15. The maximum atomic E-state index is 12.0. The molecule has 0 aromatic rings. The molecule has 3 amide bonds. The number of nitrogens with one attached hydrogen (secondary N) is 1. The number of imide groups is 1. The minimum atomic E-state index is -0.670. The number of aliphatic hydroxyl groups excluding tert-OH is 1. The summed E-state index contributed by atoms with van der Waals surface area (Å²) in [5.41, 5.74) is -0.647. The molecule has 1 aliphatic heterocycles. The summed E-state index contributed by atoms with van der Waals surface area (Å²) in [5.74, 6) is -0.161. The normalized spacial score (nSPS) is 26.1. The smallest absolute Gasteiger partial charge is 0.325 e. The molecule has 1 saturated heterocycles. The zero-order chi connectivity index (χ0) is 11.1. The summed E-state index contributed by atoms with van der Waals surface area (Å²) in [5, 5.41) is 12.0. The Morgan fingerprint density at radius 2 is 2.07 bits per heavy atom. The van der Waals surface area contributed by atoms with Gasteiger partial charge in [0.1, 0.15) is 5.54 Å². The number of aliphatic hydroxyl groups is 1. The van der Waals surface area contributed by atoms with Crippen molar-refractivity contribution in [2.75, 3.05) is 6.54 Å². The van der Waals surface area contributed by atoms with Crippen molar-refractivity contribution in [3.8, 4) is 0 Å². The van der Waals surface area contributed by atoms with Gasteiger partial charge in [0.25, 0.3) is 5.91 Å². The summed E-state index contributed by atoms with van der Waals surface area (Å²) >= 11 is 0. The number of urea groups is 1. The summed E-state index contributed by atoms with van der Waals surface area (Å²) < 4.78 is 0. The van der Waals surface area contributed by atoms with Gasteiger partial charge in [0, 0.05) is 0 Å². The Morgan fingerprint density at radius 1 is 1.47 bits per heavy atom. The van der Waals surface area contributed by atoms with Crippen LogP contribution in [0.25, 0.3) is 0 Å². The predicted octanol–water partition coefficient (Wildman–Crippen LogP) is 0.232. The van der Waals surface area contributed by atoms with Gasteiger partial charge >= 0.3 is 6.03 Å². The highest BCUT2D eigenvalue weighted by Crippen LogP contribution is 2.34. The van der Waals surface area contributed by atoms with E-state index in [1.165, 1.54) is 0 Å². The Hall–Kier alpha value is -1.10.